The summed E-state index contributed by atoms with van der Waals surface area (Å²) in [6.45, 7) is 4.76. The third kappa shape index (κ3) is 4.79. The number of amides is 1. The molecule has 32 heavy (non-hydrogen) atoms. The number of benzene rings is 3. The molecule has 1 heterocycles. The van der Waals surface area contributed by atoms with Crippen LogP contribution in [0.1, 0.15) is 36.5 Å². The molecule has 1 amide bonds. The lowest BCUT2D eigenvalue weighted by molar-refractivity contribution is -0.118. The van der Waals surface area contributed by atoms with Crippen molar-refractivity contribution in [3.8, 4) is 5.75 Å². The Balaban J connectivity index is 1.69. The van der Waals surface area contributed by atoms with Gasteiger partial charge in [0.2, 0.25) is 5.91 Å². The molecule has 0 unspecified atom stereocenters. The normalized spacial score (nSPS) is 11.2. The van der Waals surface area contributed by atoms with Crippen molar-refractivity contribution >= 4 is 44.2 Å². The van der Waals surface area contributed by atoms with Crippen molar-refractivity contribution in [2.75, 3.05) is 12.0 Å². The number of ether oxygens (including phenoxy) is 1. The van der Waals surface area contributed by atoms with Crippen LogP contribution in [0.15, 0.2) is 66.7 Å². The molecule has 4 aromatic rings. The smallest absolute Gasteiger partial charge is 0.233 e. The molecule has 3 aromatic carbocycles. The number of aromatic nitrogens is 1. The minimum absolute atomic E-state index is 0.0136. The summed E-state index contributed by atoms with van der Waals surface area (Å²) in [6, 6.07) is 21.8. The van der Waals surface area contributed by atoms with Gasteiger partial charge in [0.1, 0.15) is 11.3 Å². The fourth-order valence-corrected chi connectivity index (χ4v) is 4.81. The van der Waals surface area contributed by atoms with Crippen molar-refractivity contribution < 1.29 is 9.53 Å². The Hall–Kier alpha value is -2.89. The van der Waals surface area contributed by atoms with E-state index in [4.69, 9.17) is 21.3 Å². The Labute approximate surface area is 197 Å². The van der Waals surface area contributed by atoms with E-state index in [-0.39, 0.29) is 5.91 Å². The molecule has 0 aliphatic rings. The van der Waals surface area contributed by atoms with Gasteiger partial charge in [0.05, 0.1) is 29.8 Å². The molecule has 0 aliphatic heterocycles. The second kappa shape index (κ2) is 9.72. The van der Waals surface area contributed by atoms with Crippen LogP contribution in [0.5, 0.6) is 5.75 Å². The number of nitrogens with zero attached hydrogens (tertiary/aromatic N) is 2. The molecule has 4 rings (SSSR count). The molecule has 1 aromatic heterocycles. The molecule has 6 heteroatoms. The minimum atomic E-state index is -0.0136. The molecule has 164 valence electrons. The van der Waals surface area contributed by atoms with Gasteiger partial charge in [-0.3, -0.25) is 9.69 Å². The van der Waals surface area contributed by atoms with Crippen LogP contribution in [0, 0.1) is 0 Å². The summed E-state index contributed by atoms with van der Waals surface area (Å²) >= 11 is 7.83. The van der Waals surface area contributed by atoms with Crippen molar-refractivity contribution in [1.82, 2.24) is 4.98 Å². The van der Waals surface area contributed by atoms with Crippen LogP contribution in [0.3, 0.4) is 0 Å². The maximum Gasteiger partial charge on any atom is 0.233 e. The van der Waals surface area contributed by atoms with E-state index in [1.54, 1.807) is 24.1 Å². The van der Waals surface area contributed by atoms with Crippen LogP contribution in [0.4, 0.5) is 5.13 Å². The third-order valence-corrected chi connectivity index (χ3v) is 6.92. The molecule has 0 N–H and O–H groups in total. The number of halogens is 1. The lowest BCUT2D eigenvalue weighted by atomic mass is 10.0. The number of carbonyl (C=O) groups is 1. The summed E-state index contributed by atoms with van der Waals surface area (Å²) in [5.41, 5.74) is 3.95. The van der Waals surface area contributed by atoms with Crippen LogP contribution < -0.4 is 9.64 Å². The third-order valence-electron chi connectivity index (χ3n) is 5.38. The van der Waals surface area contributed by atoms with E-state index in [9.17, 15) is 4.79 Å². The Morgan fingerprint density at radius 1 is 1.03 bits per heavy atom. The zero-order chi connectivity index (χ0) is 22.7. The average molecular weight is 465 g/mol. The highest BCUT2D eigenvalue weighted by Gasteiger charge is 2.22. The number of hydrogen-bond donors (Lipinski definition) is 0. The van der Waals surface area contributed by atoms with Crippen molar-refractivity contribution in [2.24, 2.45) is 0 Å². The van der Waals surface area contributed by atoms with Crippen molar-refractivity contribution in [3.05, 3.63) is 88.4 Å². The van der Waals surface area contributed by atoms with Crippen LogP contribution in [-0.4, -0.2) is 18.0 Å². The maximum atomic E-state index is 13.5. The molecule has 4 nitrogen and oxygen atoms in total. The van der Waals surface area contributed by atoms with E-state index >= 15 is 0 Å². The van der Waals surface area contributed by atoms with Gasteiger partial charge in [-0.2, -0.15) is 0 Å². The highest BCUT2D eigenvalue weighted by Crippen LogP contribution is 2.39. The van der Waals surface area contributed by atoms with Gasteiger partial charge in [-0.1, -0.05) is 91.4 Å². The second-order valence-electron chi connectivity index (χ2n) is 7.96. The van der Waals surface area contributed by atoms with E-state index < -0.39 is 0 Å². The predicted octanol–water partition coefficient (Wildman–Crippen LogP) is 6.86. The van der Waals surface area contributed by atoms with E-state index in [0.717, 1.165) is 15.8 Å². The summed E-state index contributed by atoms with van der Waals surface area (Å²) < 4.78 is 6.28. The number of methoxy groups -OCH3 is 1. The zero-order valence-corrected chi connectivity index (χ0v) is 19.9. The first-order valence-electron chi connectivity index (χ1n) is 10.5. The lowest BCUT2D eigenvalue weighted by Gasteiger charge is -2.20. The predicted molar refractivity (Wildman–Crippen MR) is 133 cm³/mol. The molecular weight excluding hydrogens is 440 g/mol. The molecule has 0 radical (unpaired) electrons. The second-order valence-corrected chi connectivity index (χ2v) is 9.35. The van der Waals surface area contributed by atoms with E-state index in [1.165, 1.54) is 16.9 Å². The van der Waals surface area contributed by atoms with Crippen molar-refractivity contribution in [3.63, 3.8) is 0 Å². The largest absolute Gasteiger partial charge is 0.494 e. The Morgan fingerprint density at radius 3 is 2.41 bits per heavy atom. The molecule has 0 aliphatic carbocycles. The molecule has 0 fully saturated rings. The summed E-state index contributed by atoms with van der Waals surface area (Å²) in [6.07, 6.45) is 0.298. The first-order chi connectivity index (χ1) is 15.5. The highest BCUT2D eigenvalue weighted by molar-refractivity contribution is 7.23. The summed E-state index contributed by atoms with van der Waals surface area (Å²) in [4.78, 5) is 20.0. The van der Waals surface area contributed by atoms with Gasteiger partial charge in [0, 0.05) is 0 Å². The Bertz CT molecular complexity index is 1220. The van der Waals surface area contributed by atoms with E-state index in [2.05, 4.69) is 26.0 Å². The number of hydrogen-bond acceptors (Lipinski definition) is 4. The standard InChI is InChI=1S/C26H25ClN2O2S/c1-17(2)20-11-9-18(10-12-20)15-23(30)29(16-19-7-5-4-6-8-19)26-28-24-22(31-3)14-13-21(27)25(24)32-26/h4-14,17H,15-16H2,1-3H3. The van der Waals surface area contributed by atoms with Crippen LogP contribution >= 0.6 is 22.9 Å². The molecule has 0 bridgehead atoms. The lowest BCUT2D eigenvalue weighted by Crippen LogP contribution is -2.31. The van der Waals surface area contributed by atoms with E-state index in [0.29, 0.717) is 40.3 Å². The number of carbonyl (C=O) groups excluding carboxylic acids is 1. The van der Waals surface area contributed by atoms with E-state index in [1.807, 2.05) is 42.5 Å². The SMILES string of the molecule is COc1ccc(Cl)c2sc(N(Cc3ccccc3)C(=O)Cc3ccc(C(C)C)cc3)nc12. The quantitative estimate of drug-likeness (QED) is 0.300. The van der Waals surface area contributed by atoms with Gasteiger partial charge in [-0.15, -0.1) is 0 Å². The van der Waals surface area contributed by atoms with Crippen molar-refractivity contribution in [1.29, 1.82) is 0 Å². The maximum absolute atomic E-state index is 13.5. The van der Waals surface area contributed by atoms with Crippen LogP contribution in [-0.2, 0) is 17.8 Å². The monoisotopic (exact) mass is 464 g/mol. The van der Waals surface area contributed by atoms with Crippen molar-refractivity contribution in [2.45, 2.75) is 32.7 Å². The number of anilines is 1. The van der Waals surface area contributed by atoms with Gasteiger partial charge < -0.3 is 4.74 Å². The summed E-state index contributed by atoms with van der Waals surface area (Å²) in [5.74, 6) is 1.08. The Morgan fingerprint density at radius 2 is 1.75 bits per heavy atom. The fourth-order valence-electron chi connectivity index (χ4n) is 3.54. The first kappa shape index (κ1) is 22.3. The van der Waals surface area contributed by atoms with Gasteiger partial charge in [0.15, 0.2) is 5.13 Å². The Kier molecular flexibility index (Phi) is 6.77. The minimum Gasteiger partial charge on any atom is -0.494 e. The molecular formula is C26H25ClN2O2S. The fraction of sp³-hybridized carbons (Fsp3) is 0.231. The van der Waals surface area contributed by atoms with Gasteiger partial charge in [0.25, 0.3) is 0 Å². The topological polar surface area (TPSA) is 42.4 Å². The molecule has 0 atom stereocenters. The highest BCUT2D eigenvalue weighted by atomic mass is 35.5. The van der Waals surface area contributed by atoms with Gasteiger partial charge in [-0.05, 0) is 34.7 Å². The van der Waals surface area contributed by atoms with Crippen LogP contribution in [0.2, 0.25) is 5.02 Å². The summed E-state index contributed by atoms with van der Waals surface area (Å²) in [5, 5.41) is 1.21. The van der Waals surface area contributed by atoms with Gasteiger partial charge in [-0.25, -0.2) is 4.98 Å². The zero-order valence-electron chi connectivity index (χ0n) is 18.3. The molecule has 0 saturated heterocycles. The van der Waals surface area contributed by atoms with Gasteiger partial charge >= 0.3 is 0 Å². The summed E-state index contributed by atoms with van der Waals surface area (Å²) in [7, 11) is 1.61. The first-order valence-corrected chi connectivity index (χ1v) is 11.7. The number of rotatable bonds is 7. The average Bonchev–Trinajstić information content (AvgIpc) is 3.25. The molecule has 0 saturated carbocycles. The number of thiazole rings is 1. The molecule has 0 spiro atoms. The number of fused-ring (bicyclic) bond motifs is 1. The van der Waals surface area contributed by atoms with Crippen LogP contribution in [0.25, 0.3) is 10.2 Å².